The minimum atomic E-state index is -0.905. The van der Waals surface area contributed by atoms with Crippen molar-refractivity contribution in [2.75, 3.05) is 6.61 Å². The predicted molar refractivity (Wildman–Crippen MR) is 113 cm³/mol. The molecule has 1 N–H and O–H groups in total. The van der Waals surface area contributed by atoms with Gasteiger partial charge >= 0.3 is 5.97 Å². The van der Waals surface area contributed by atoms with E-state index in [0.29, 0.717) is 46.4 Å². The second-order valence-electron chi connectivity index (χ2n) is 6.94. The normalized spacial score (nSPS) is 15.2. The zero-order chi connectivity index (χ0) is 21.3. The Labute approximate surface area is 182 Å². The van der Waals surface area contributed by atoms with E-state index in [1.54, 1.807) is 42.6 Å². The van der Waals surface area contributed by atoms with E-state index in [4.69, 9.17) is 21.1 Å². The summed E-state index contributed by atoms with van der Waals surface area (Å²) >= 11 is 7.83. The minimum Gasteiger partial charge on any atom is -0.493 e. The molecule has 2 aromatic carbocycles. The maximum atomic E-state index is 12.4. The van der Waals surface area contributed by atoms with E-state index in [2.05, 4.69) is 4.98 Å². The molecule has 1 unspecified atom stereocenters. The van der Waals surface area contributed by atoms with E-state index in [1.165, 1.54) is 11.3 Å². The number of nitrogens with zero attached hydrogens (tertiary/aromatic N) is 1. The number of ketones is 1. The number of hydrogen-bond donors (Lipinski definition) is 1. The molecular weight excluding hydrogens is 426 g/mol. The molecule has 0 bridgehead atoms. The second-order valence-corrected chi connectivity index (χ2v) is 8.67. The first-order chi connectivity index (χ1) is 14.4. The van der Waals surface area contributed by atoms with E-state index >= 15 is 0 Å². The molecule has 4 rings (SSSR count). The zero-order valence-electron chi connectivity index (χ0n) is 16.1. The molecule has 2 heterocycles. The number of aryl methyl sites for hydroxylation is 1. The number of thiazole rings is 1. The Balaban J connectivity index is 1.49. The summed E-state index contributed by atoms with van der Waals surface area (Å²) in [4.78, 5) is 29.2. The van der Waals surface area contributed by atoms with E-state index in [9.17, 15) is 14.7 Å². The highest BCUT2D eigenvalue weighted by atomic mass is 35.5. The van der Waals surface area contributed by atoms with Crippen molar-refractivity contribution < 1.29 is 24.2 Å². The molecule has 0 spiro atoms. The summed E-state index contributed by atoms with van der Waals surface area (Å²) in [6.45, 7) is 2.27. The number of aliphatic carboxylic acids is 1. The van der Waals surface area contributed by atoms with Crippen LogP contribution in [0.5, 0.6) is 17.2 Å². The van der Waals surface area contributed by atoms with Gasteiger partial charge in [0.05, 0.1) is 24.0 Å². The molecule has 30 heavy (non-hydrogen) atoms. The molecule has 1 aliphatic rings. The van der Waals surface area contributed by atoms with Crippen LogP contribution in [0.15, 0.2) is 42.6 Å². The fourth-order valence-corrected chi connectivity index (χ4v) is 4.28. The fourth-order valence-electron chi connectivity index (χ4n) is 3.28. The van der Waals surface area contributed by atoms with Gasteiger partial charge in [0.15, 0.2) is 5.78 Å². The first-order valence-electron chi connectivity index (χ1n) is 9.32. The Hall–Kier alpha value is -2.90. The van der Waals surface area contributed by atoms with E-state index in [0.717, 1.165) is 9.88 Å². The van der Waals surface area contributed by atoms with Gasteiger partial charge in [-0.25, -0.2) is 4.98 Å². The molecule has 154 valence electrons. The molecule has 3 aromatic rings. The van der Waals surface area contributed by atoms with Crippen molar-refractivity contribution in [1.29, 1.82) is 0 Å². The summed E-state index contributed by atoms with van der Waals surface area (Å²) in [7, 11) is 0. The molecule has 8 heteroatoms. The lowest BCUT2D eigenvalue weighted by Gasteiger charge is -2.24. The fraction of sp³-hybridized carbons (Fsp3) is 0.227. The zero-order valence-corrected chi connectivity index (χ0v) is 17.6. The van der Waals surface area contributed by atoms with Crippen molar-refractivity contribution in [3.05, 3.63) is 68.6 Å². The molecule has 0 amide bonds. The van der Waals surface area contributed by atoms with Crippen LogP contribution in [0.1, 0.15) is 38.1 Å². The molecular formula is C22H18ClNO5S. The lowest BCUT2D eigenvalue weighted by Crippen LogP contribution is -2.20. The predicted octanol–water partition coefficient (Wildman–Crippen LogP) is 5.27. The van der Waals surface area contributed by atoms with E-state index in [1.807, 2.05) is 6.92 Å². The number of fused-ring (bicyclic) bond motifs is 1. The average molecular weight is 444 g/mol. The molecule has 1 aliphatic heterocycles. The van der Waals surface area contributed by atoms with Crippen molar-refractivity contribution in [2.24, 2.45) is 0 Å². The highest BCUT2D eigenvalue weighted by molar-refractivity contribution is 7.11. The molecule has 1 atom stereocenters. The Bertz CT molecular complexity index is 1110. The maximum absolute atomic E-state index is 12.4. The van der Waals surface area contributed by atoms with Gasteiger partial charge in [-0.2, -0.15) is 0 Å². The number of aromatic nitrogens is 1. The minimum absolute atomic E-state index is 0.0178. The lowest BCUT2D eigenvalue weighted by atomic mass is 9.93. The van der Waals surface area contributed by atoms with Gasteiger partial charge in [0.25, 0.3) is 0 Å². The average Bonchev–Trinajstić information content (AvgIpc) is 3.13. The number of Topliss-reactive ketones (excluding diaryl/α,β-unsaturated/α-hetero) is 1. The summed E-state index contributed by atoms with van der Waals surface area (Å²) < 4.78 is 11.4. The Morgan fingerprint density at radius 1 is 1.30 bits per heavy atom. The highest BCUT2D eigenvalue weighted by Crippen LogP contribution is 2.41. The number of rotatable bonds is 6. The van der Waals surface area contributed by atoms with Crippen LogP contribution in [0.3, 0.4) is 0 Å². The summed E-state index contributed by atoms with van der Waals surface area (Å²) in [5.41, 5.74) is 1.11. The monoisotopic (exact) mass is 443 g/mol. The van der Waals surface area contributed by atoms with Gasteiger partial charge in [-0.1, -0.05) is 11.6 Å². The first kappa shape index (κ1) is 20.4. The SMILES string of the molecule is Cc1cnc(CC(=O)c2ccc(Oc3cc4c(cc3Cl)C(C(=O)O)CCO4)cc2)s1. The van der Waals surface area contributed by atoms with Crippen LogP contribution in [-0.4, -0.2) is 28.4 Å². The van der Waals surface area contributed by atoms with Gasteiger partial charge in [0.2, 0.25) is 0 Å². The van der Waals surface area contributed by atoms with Crippen LogP contribution in [0, 0.1) is 6.92 Å². The van der Waals surface area contributed by atoms with Crippen molar-refractivity contribution in [3.63, 3.8) is 0 Å². The number of carboxylic acids is 1. The number of halogens is 1. The number of carbonyl (C=O) groups excluding carboxylic acids is 1. The third-order valence-electron chi connectivity index (χ3n) is 4.79. The van der Waals surface area contributed by atoms with Crippen molar-refractivity contribution in [3.8, 4) is 17.2 Å². The second kappa shape index (κ2) is 8.45. The van der Waals surface area contributed by atoms with Crippen LogP contribution < -0.4 is 9.47 Å². The lowest BCUT2D eigenvalue weighted by molar-refractivity contribution is -0.139. The number of carbonyl (C=O) groups is 2. The molecule has 1 aromatic heterocycles. The van der Waals surface area contributed by atoms with Crippen molar-refractivity contribution in [2.45, 2.75) is 25.7 Å². The summed E-state index contributed by atoms with van der Waals surface area (Å²) in [6.07, 6.45) is 2.42. The van der Waals surface area contributed by atoms with Crippen LogP contribution >= 0.6 is 22.9 Å². The largest absolute Gasteiger partial charge is 0.493 e. The van der Waals surface area contributed by atoms with Crippen LogP contribution in [-0.2, 0) is 11.2 Å². The number of ether oxygens (including phenoxy) is 2. The van der Waals surface area contributed by atoms with Gasteiger partial charge in [0.1, 0.15) is 22.3 Å². The third-order valence-corrected chi connectivity index (χ3v) is 6.00. The third kappa shape index (κ3) is 4.32. The maximum Gasteiger partial charge on any atom is 0.311 e. The number of carboxylic acid groups (broad SMARTS) is 1. The summed E-state index contributed by atoms with van der Waals surface area (Å²) in [5, 5.41) is 10.5. The summed E-state index contributed by atoms with van der Waals surface area (Å²) in [6, 6.07) is 9.96. The van der Waals surface area contributed by atoms with Gasteiger partial charge < -0.3 is 14.6 Å². The molecule has 0 fully saturated rings. The van der Waals surface area contributed by atoms with Gasteiger partial charge in [-0.15, -0.1) is 11.3 Å². The summed E-state index contributed by atoms with van der Waals surface area (Å²) in [5.74, 6) is -0.248. The first-order valence-corrected chi connectivity index (χ1v) is 10.5. The van der Waals surface area contributed by atoms with Crippen molar-refractivity contribution >= 4 is 34.7 Å². The van der Waals surface area contributed by atoms with Crippen LogP contribution in [0.25, 0.3) is 0 Å². The van der Waals surface area contributed by atoms with Gasteiger partial charge in [-0.3, -0.25) is 9.59 Å². The molecule has 0 aliphatic carbocycles. The molecule has 0 radical (unpaired) electrons. The quantitative estimate of drug-likeness (QED) is 0.522. The topological polar surface area (TPSA) is 85.7 Å². The smallest absolute Gasteiger partial charge is 0.311 e. The van der Waals surface area contributed by atoms with Gasteiger partial charge in [0, 0.05) is 28.3 Å². The van der Waals surface area contributed by atoms with Crippen LogP contribution in [0.4, 0.5) is 0 Å². The Morgan fingerprint density at radius 2 is 2.07 bits per heavy atom. The number of hydrogen-bond acceptors (Lipinski definition) is 6. The van der Waals surface area contributed by atoms with Crippen LogP contribution in [0.2, 0.25) is 5.02 Å². The molecule has 0 saturated heterocycles. The molecule has 6 nitrogen and oxygen atoms in total. The number of benzene rings is 2. The highest BCUT2D eigenvalue weighted by Gasteiger charge is 2.29. The van der Waals surface area contributed by atoms with Gasteiger partial charge in [-0.05, 0) is 43.7 Å². The Morgan fingerprint density at radius 3 is 2.73 bits per heavy atom. The van der Waals surface area contributed by atoms with E-state index < -0.39 is 11.9 Å². The molecule has 0 saturated carbocycles. The Kier molecular flexibility index (Phi) is 5.74. The van der Waals surface area contributed by atoms with Crippen molar-refractivity contribution in [1.82, 2.24) is 4.98 Å². The van der Waals surface area contributed by atoms with E-state index in [-0.39, 0.29) is 12.2 Å². The standard InChI is InChI=1S/C22H18ClNO5S/c1-12-11-24-21(30-12)9-18(25)13-2-4-14(5-3-13)29-20-10-19-16(8-17(20)23)15(22(26)27)6-7-28-19/h2-5,8,10-11,15H,6-7,9H2,1H3,(H,26,27).